The highest BCUT2D eigenvalue weighted by Crippen LogP contribution is 2.30. The molecule has 0 unspecified atom stereocenters. The molecule has 2 rings (SSSR count). The van der Waals surface area contributed by atoms with Crippen molar-refractivity contribution in [1.29, 1.82) is 0 Å². The normalized spacial score (nSPS) is 24.1. The van der Waals surface area contributed by atoms with Crippen LogP contribution in [0.15, 0.2) is 29.2 Å². The summed E-state index contributed by atoms with van der Waals surface area (Å²) >= 11 is 0. The Balaban J connectivity index is 2.20. The van der Waals surface area contributed by atoms with Gasteiger partial charge in [0.15, 0.2) is 15.6 Å². The molecule has 1 fully saturated rings. The maximum atomic E-state index is 12.4. The van der Waals surface area contributed by atoms with Gasteiger partial charge in [-0.3, -0.25) is 4.79 Å². The number of Topliss-reactive ketones (excluding diaryl/α,β-unsaturated/α-hetero) is 1. The predicted octanol–water partition coefficient (Wildman–Crippen LogP) is 3.10. The van der Waals surface area contributed by atoms with E-state index in [-0.39, 0.29) is 16.6 Å². The summed E-state index contributed by atoms with van der Waals surface area (Å²) in [5.41, 5.74) is 0.530. The molecule has 0 radical (unpaired) electrons. The van der Waals surface area contributed by atoms with Gasteiger partial charge in [-0.15, -0.1) is 0 Å². The molecule has 3 nitrogen and oxygen atoms in total. The molecule has 1 aliphatic rings. The van der Waals surface area contributed by atoms with Crippen LogP contribution in [0, 0.1) is 11.8 Å². The predicted molar refractivity (Wildman–Crippen MR) is 75.0 cm³/mol. The van der Waals surface area contributed by atoms with E-state index in [2.05, 4.69) is 6.92 Å². The fraction of sp³-hybridized carbons (Fsp3) is 0.533. The lowest BCUT2D eigenvalue weighted by Crippen LogP contribution is -2.21. The second-order valence-corrected chi connectivity index (χ2v) is 7.64. The molecule has 1 aromatic carbocycles. The van der Waals surface area contributed by atoms with Gasteiger partial charge in [-0.05, 0) is 30.9 Å². The zero-order chi connectivity index (χ0) is 14.0. The van der Waals surface area contributed by atoms with Crippen LogP contribution in [0.5, 0.6) is 0 Å². The lowest BCUT2D eigenvalue weighted by atomic mass is 9.79. The van der Waals surface area contributed by atoms with Crippen LogP contribution in [-0.4, -0.2) is 20.5 Å². The van der Waals surface area contributed by atoms with Crippen LogP contribution < -0.4 is 0 Å². The summed E-state index contributed by atoms with van der Waals surface area (Å²) in [7, 11) is -3.25. The van der Waals surface area contributed by atoms with Crippen LogP contribution in [0.4, 0.5) is 0 Å². The number of ketones is 1. The quantitative estimate of drug-likeness (QED) is 0.799. The first-order valence-corrected chi connectivity index (χ1v) is 8.61. The van der Waals surface area contributed by atoms with Gasteiger partial charge in [0.05, 0.1) is 4.90 Å². The molecule has 4 heteroatoms. The van der Waals surface area contributed by atoms with Gasteiger partial charge < -0.3 is 0 Å². The molecule has 0 spiro atoms. The first-order valence-electron chi connectivity index (χ1n) is 6.72. The van der Waals surface area contributed by atoms with Gasteiger partial charge in [0.25, 0.3) is 0 Å². The van der Waals surface area contributed by atoms with Gasteiger partial charge in [-0.2, -0.15) is 0 Å². The molecule has 104 valence electrons. The lowest BCUT2D eigenvalue weighted by molar-refractivity contribution is 0.0875. The fourth-order valence-corrected chi connectivity index (χ4v) is 3.30. The number of carbonyl (C=O) groups is 1. The Morgan fingerprint density at radius 3 is 2.37 bits per heavy atom. The number of hydrogen-bond acceptors (Lipinski definition) is 3. The molecular formula is C15H20O3S. The van der Waals surface area contributed by atoms with Crippen LogP contribution in [0.2, 0.25) is 0 Å². The molecule has 0 aromatic heterocycles. The molecule has 0 N–H and O–H groups in total. The minimum absolute atomic E-state index is 0.0611. The van der Waals surface area contributed by atoms with Crippen molar-refractivity contribution in [3.05, 3.63) is 29.8 Å². The summed E-state index contributed by atoms with van der Waals surface area (Å²) in [5, 5.41) is 0. The molecule has 0 saturated heterocycles. The zero-order valence-electron chi connectivity index (χ0n) is 11.4. The van der Waals surface area contributed by atoms with Crippen molar-refractivity contribution in [2.45, 2.75) is 37.5 Å². The third-order valence-electron chi connectivity index (χ3n) is 3.93. The molecule has 0 aliphatic heterocycles. The van der Waals surface area contributed by atoms with Crippen LogP contribution in [-0.2, 0) is 9.84 Å². The summed E-state index contributed by atoms with van der Waals surface area (Å²) in [6.07, 6.45) is 5.18. The molecule has 19 heavy (non-hydrogen) atoms. The van der Waals surface area contributed by atoms with Gasteiger partial charge >= 0.3 is 0 Å². The number of rotatable bonds is 3. The average molecular weight is 280 g/mol. The van der Waals surface area contributed by atoms with Crippen LogP contribution in [0.25, 0.3) is 0 Å². The van der Waals surface area contributed by atoms with E-state index < -0.39 is 9.84 Å². The first-order chi connectivity index (χ1) is 8.88. The van der Waals surface area contributed by atoms with E-state index in [1.165, 1.54) is 18.4 Å². The molecular weight excluding hydrogens is 260 g/mol. The maximum Gasteiger partial charge on any atom is 0.175 e. The third-order valence-corrected chi connectivity index (χ3v) is 5.04. The number of sulfone groups is 1. The number of hydrogen-bond donors (Lipinski definition) is 0. The van der Waals surface area contributed by atoms with Gasteiger partial charge in [0, 0.05) is 17.7 Å². The van der Waals surface area contributed by atoms with Gasteiger partial charge in [0.2, 0.25) is 0 Å². The molecule has 1 aliphatic carbocycles. The summed E-state index contributed by atoms with van der Waals surface area (Å²) in [5.74, 6) is 0.856. The van der Waals surface area contributed by atoms with Crippen molar-refractivity contribution < 1.29 is 13.2 Å². The van der Waals surface area contributed by atoms with E-state index in [1.807, 2.05) is 0 Å². The van der Waals surface area contributed by atoms with Crippen LogP contribution >= 0.6 is 0 Å². The second kappa shape index (κ2) is 5.45. The smallest absolute Gasteiger partial charge is 0.175 e. The maximum absolute atomic E-state index is 12.4. The Kier molecular flexibility index (Phi) is 4.09. The Morgan fingerprint density at radius 2 is 1.79 bits per heavy atom. The molecule has 0 bridgehead atoms. The summed E-state index contributed by atoms with van der Waals surface area (Å²) in [6, 6.07) is 6.41. The fourth-order valence-electron chi connectivity index (χ4n) is 2.64. The SMILES string of the molecule is CC1CCC(C(=O)c2cccc(S(C)(=O)=O)c2)CC1. The van der Waals surface area contributed by atoms with Crippen molar-refractivity contribution in [3.63, 3.8) is 0 Å². The third kappa shape index (κ3) is 3.44. The summed E-state index contributed by atoms with van der Waals surface area (Å²) in [4.78, 5) is 12.6. The number of carbonyl (C=O) groups excluding carboxylic acids is 1. The molecule has 1 saturated carbocycles. The van der Waals surface area contributed by atoms with Crippen molar-refractivity contribution in [2.75, 3.05) is 6.26 Å². The van der Waals surface area contributed by atoms with E-state index in [0.717, 1.165) is 25.7 Å². The lowest BCUT2D eigenvalue weighted by Gasteiger charge is -2.25. The summed E-state index contributed by atoms with van der Waals surface area (Å²) in [6.45, 7) is 2.21. The molecule has 0 amide bonds. The van der Waals surface area contributed by atoms with Crippen LogP contribution in [0.1, 0.15) is 43.0 Å². The van der Waals surface area contributed by atoms with Crippen molar-refractivity contribution in [1.82, 2.24) is 0 Å². The number of benzene rings is 1. The Morgan fingerprint density at radius 1 is 1.16 bits per heavy atom. The minimum atomic E-state index is -3.25. The van der Waals surface area contributed by atoms with E-state index in [0.29, 0.717) is 11.5 Å². The topological polar surface area (TPSA) is 51.2 Å². The highest BCUT2D eigenvalue weighted by Gasteiger charge is 2.25. The monoisotopic (exact) mass is 280 g/mol. The molecule has 1 aromatic rings. The Bertz CT molecular complexity index is 567. The van der Waals surface area contributed by atoms with E-state index in [1.54, 1.807) is 12.1 Å². The standard InChI is InChI=1S/C15H20O3S/c1-11-6-8-12(9-7-11)15(16)13-4-3-5-14(10-13)19(2,17)18/h3-5,10-12H,6-9H2,1-2H3. The van der Waals surface area contributed by atoms with Crippen molar-refractivity contribution in [3.8, 4) is 0 Å². The zero-order valence-corrected chi connectivity index (χ0v) is 12.2. The average Bonchev–Trinajstić information content (AvgIpc) is 2.38. The van der Waals surface area contributed by atoms with Gasteiger partial charge in [-0.1, -0.05) is 31.9 Å². The van der Waals surface area contributed by atoms with Gasteiger partial charge in [0.1, 0.15) is 0 Å². The first kappa shape index (κ1) is 14.3. The highest BCUT2D eigenvalue weighted by atomic mass is 32.2. The minimum Gasteiger partial charge on any atom is -0.294 e. The van der Waals surface area contributed by atoms with E-state index in [9.17, 15) is 13.2 Å². The Hall–Kier alpha value is -1.16. The van der Waals surface area contributed by atoms with Crippen molar-refractivity contribution in [2.24, 2.45) is 11.8 Å². The van der Waals surface area contributed by atoms with Gasteiger partial charge in [-0.25, -0.2) is 8.42 Å². The van der Waals surface area contributed by atoms with Crippen molar-refractivity contribution >= 4 is 15.6 Å². The largest absolute Gasteiger partial charge is 0.294 e. The molecule has 0 heterocycles. The van der Waals surface area contributed by atoms with Crippen LogP contribution in [0.3, 0.4) is 0 Å². The van der Waals surface area contributed by atoms with E-state index in [4.69, 9.17) is 0 Å². The summed E-state index contributed by atoms with van der Waals surface area (Å²) < 4.78 is 23.0. The second-order valence-electron chi connectivity index (χ2n) is 5.62. The molecule has 0 atom stereocenters. The van der Waals surface area contributed by atoms with E-state index >= 15 is 0 Å². The highest BCUT2D eigenvalue weighted by molar-refractivity contribution is 7.90. The Labute approximate surface area is 114 Å².